The summed E-state index contributed by atoms with van der Waals surface area (Å²) in [6.07, 6.45) is 0. The van der Waals surface area contributed by atoms with Gasteiger partial charge in [0.15, 0.2) is 5.69 Å². The van der Waals surface area contributed by atoms with Gasteiger partial charge in [0.1, 0.15) is 0 Å². The largest absolute Gasteiger partial charge is 0.308 e. The molecule has 58 heavy (non-hydrogen) atoms. The van der Waals surface area contributed by atoms with Crippen LogP contribution < -0.4 is 0 Å². The van der Waals surface area contributed by atoms with E-state index in [4.69, 9.17) is 11.6 Å². The van der Waals surface area contributed by atoms with Gasteiger partial charge in [0, 0.05) is 38.5 Å². The molecule has 3 heterocycles. The lowest BCUT2D eigenvalue weighted by Crippen LogP contribution is -2.06. The Bertz CT molecular complexity index is 3250. The number of pyridine rings is 1. The summed E-state index contributed by atoms with van der Waals surface area (Å²) in [6.45, 7) is 11.7. The van der Waals surface area contributed by atoms with Crippen molar-refractivity contribution in [1.29, 1.82) is 10.5 Å². The molecule has 0 N–H and O–H groups in total. The van der Waals surface area contributed by atoms with Crippen molar-refractivity contribution >= 4 is 49.3 Å². The lowest BCUT2D eigenvalue weighted by Gasteiger charge is -2.21. The molecule has 0 unspecified atom stereocenters. The van der Waals surface area contributed by atoms with Crippen molar-refractivity contribution in [3.8, 4) is 56.9 Å². The van der Waals surface area contributed by atoms with Gasteiger partial charge in [0.25, 0.3) is 0 Å². The van der Waals surface area contributed by atoms with Crippen LogP contribution >= 0.6 is 0 Å². The molecule has 10 aromatic rings. The minimum atomic E-state index is 0.520. The summed E-state index contributed by atoms with van der Waals surface area (Å²) in [6, 6.07) is 58.3. The first kappa shape index (κ1) is 34.3. The molecule has 0 radical (unpaired) electrons. The van der Waals surface area contributed by atoms with E-state index in [0.717, 1.165) is 99.8 Å². The van der Waals surface area contributed by atoms with Gasteiger partial charge in [-0.1, -0.05) is 91.0 Å². The number of nitrogens with zero attached hydrogens (tertiary/aromatic N) is 6. The van der Waals surface area contributed by atoms with Crippen LogP contribution in [0.15, 0.2) is 158 Å². The molecule has 3 aromatic heterocycles. The second kappa shape index (κ2) is 13.5. The first-order valence-corrected chi connectivity index (χ1v) is 19.0. The Morgan fingerprint density at radius 1 is 0.466 bits per heavy atom. The topological polar surface area (TPSA) is 74.7 Å². The number of hydrogen-bond acceptors (Lipinski definition) is 3. The van der Waals surface area contributed by atoms with Gasteiger partial charge < -0.3 is 9.13 Å². The molecule has 0 aliphatic carbocycles. The van der Waals surface area contributed by atoms with Crippen molar-refractivity contribution < 1.29 is 0 Å². The predicted molar refractivity (Wildman–Crippen MR) is 234 cm³/mol. The van der Waals surface area contributed by atoms with Gasteiger partial charge in [-0.25, -0.2) is 4.85 Å². The second-order valence-corrected chi connectivity index (χ2v) is 14.7. The molecular weight excluding hydrogens is 709 g/mol. The van der Waals surface area contributed by atoms with Crippen LogP contribution in [0, 0.1) is 43.1 Å². The van der Waals surface area contributed by atoms with Crippen molar-refractivity contribution in [1.82, 2.24) is 14.1 Å². The fourth-order valence-electron chi connectivity index (χ4n) is 8.65. The Morgan fingerprint density at radius 3 is 1.52 bits per heavy atom. The van der Waals surface area contributed by atoms with Gasteiger partial charge in [-0.15, -0.1) is 0 Å². The van der Waals surface area contributed by atoms with Crippen LogP contribution in [-0.4, -0.2) is 14.1 Å². The zero-order chi connectivity index (χ0) is 39.5. The molecule has 0 bridgehead atoms. The minimum absolute atomic E-state index is 0.520. The Kier molecular flexibility index (Phi) is 7.98. The lowest BCUT2D eigenvalue weighted by atomic mass is 9.97. The lowest BCUT2D eigenvalue weighted by molar-refractivity contribution is 1.11. The van der Waals surface area contributed by atoms with Gasteiger partial charge >= 0.3 is 0 Å². The molecule has 6 nitrogen and oxygen atoms in total. The number of hydrogen-bond donors (Lipinski definition) is 0. The maximum absolute atomic E-state index is 10.8. The van der Waals surface area contributed by atoms with Crippen LogP contribution in [0.25, 0.3) is 93.2 Å². The highest BCUT2D eigenvalue weighted by Gasteiger charge is 2.24. The average molecular weight is 741 g/mol. The van der Waals surface area contributed by atoms with Crippen LogP contribution in [0.3, 0.4) is 0 Å². The molecule has 0 spiro atoms. The first-order valence-electron chi connectivity index (χ1n) is 19.0. The number of benzene rings is 7. The fourth-order valence-corrected chi connectivity index (χ4v) is 8.65. The van der Waals surface area contributed by atoms with Gasteiger partial charge in [-0.05, 0) is 108 Å². The maximum Gasteiger partial charge on any atom is 0.187 e. The summed E-state index contributed by atoms with van der Waals surface area (Å²) in [5.41, 5.74) is 15.0. The van der Waals surface area contributed by atoms with Crippen molar-refractivity contribution in [3.63, 3.8) is 0 Å². The van der Waals surface area contributed by atoms with E-state index in [0.29, 0.717) is 16.8 Å². The monoisotopic (exact) mass is 740 g/mol. The number of fused-ring (bicyclic) bond motifs is 6. The molecule has 270 valence electrons. The van der Waals surface area contributed by atoms with E-state index in [1.165, 1.54) is 0 Å². The van der Waals surface area contributed by atoms with Crippen LogP contribution in [0.1, 0.15) is 22.5 Å². The van der Waals surface area contributed by atoms with E-state index >= 15 is 0 Å². The maximum atomic E-state index is 10.8. The van der Waals surface area contributed by atoms with E-state index in [2.05, 4.69) is 123 Å². The van der Waals surface area contributed by atoms with E-state index in [-0.39, 0.29) is 0 Å². The summed E-state index contributed by atoms with van der Waals surface area (Å²) in [5.74, 6) is 0. The fraction of sp³-hybridized carbons (Fsp3) is 0.0385. The molecule has 0 atom stereocenters. The average Bonchev–Trinajstić information content (AvgIpc) is 3.77. The number of rotatable bonds is 5. The summed E-state index contributed by atoms with van der Waals surface area (Å²) < 4.78 is 4.59. The molecule has 0 saturated heterocycles. The zero-order valence-electron chi connectivity index (χ0n) is 31.7. The van der Waals surface area contributed by atoms with Crippen LogP contribution in [0.5, 0.6) is 0 Å². The van der Waals surface area contributed by atoms with Crippen LogP contribution in [0.2, 0.25) is 0 Å². The molecule has 10 rings (SSSR count). The van der Waals surface area contributed by atoms with Gasteiger partial charge in [-0.2, -0.15) is 10.5 Å². The molecule has 6 heteroatoms. The smallest absolute Gasteiger partial charge is 0.187 e. The molecule has 0 amide bonds. The third-order valence-corrected chi connectivity index (χ3v) is 11.1. The van der Waals surface area contributed by atoms with Crippen molar-refractivity contribution in [2.75, 3.05) is 0 Å². The van der Waals surface area contributed by atoms with Gasteiger partial charge in [0.05, 0.1) is 63.3 Å². The Balaban J connectivity index is 1.36. The molecule has 0 aliphatic heterocycles. The molecule has 0 aliphatic rings. The van der Waals surface area contributed by atoms with E-state index in [1.807, 2.05) is 74.5 Å². The van der Waals surface area contributed by atoms with Crippen molar-refractivity contribution in [2.24, 2.45) is 0 Å². The molecular formula is C52H32N6. The standard InChI is InChI=1S/C52H32N6/c1-32-22-40(23-33(2)56-32)52-50(57-46-16-6-4-14-42(46)44-20-18-38(28-48(44)57)36-11-8-10-34(24-36)30-53)25-35(31-54)26-51(52)58-47-17-7-5-15-43(47)45-21-19-39(29-49(45)58)37-12-9-13-41(27-37)55-3/h4-29H,1-2H3. The summed E-state index contributed by atoms with van der Waals surface area (Å²) in [7, 11) is 0. The number of aromatic nitrogens is 3. The van der Waals surface area contributed by atoms with E-state index in [1.54, 1.807) is 0 Å². The molecule has 7 aromatic carbocycles. The zero-order valence-corrected chi connectivity index (χ0v) is 31.7. The highest BCUT2D eigenvalue weighted by molar-refractivity contribution is 6.13. The summed E-state index contributed by atoms with van der Waals surface area (Å²) in [5, 5.41) is 24.9. The molecule has 0 fully saturated rings. The summed E-state index contributed by atoms with van der Waals surface area (Å²) in [4.78, 5) is 8.49. The predicted octanol–water partition coefficient (Wildman–Crippen LogP) is 13.2. The second-order valence-electron chi connectivity index (χ2n) is 14.7. The van der Waals surface area contributed by atoms with Crippen LogP contribution in [0.4, 0.5) is 5.69 Å². The first-order chi connectivity index (χ1) is 28.4. The van der Waals surface area contributed by atoms with E-state index in [9.17, 15) is 10.5 Å². The Hall–Kier alpha value is -8.24. The highest BCUT2D eigenvalue weighted by Crippen LogP contribution is 2.44. The Labute approximate surface area is 335 Å². The SMILES string of the molecule is [C-]#[N+]c1cccc(-c2ccc3c4ccccc4n(-c4cc(C#N)cc(-n5c6ccccc6c6ccc(-c7cccc(C#N)c7)cc65)c4-c4cc(C)nc(C)c4)c3c2)c1. The number of para-hydroxylation sites is 2. The third-order valence-electron chi connectivity index (χ3n) is 11.1. The molecule has 0 saturated carbocycles. The number of aryl methyl sites for hydroxylation is 2. The third kappa shape index (κ3) is 5.50. The van der Waals surface area contributed by atoms with E-state index < -0.39 is 0 Å². The summed E-state index contributed by atoms with van der Waals surface area (Å²) >= 11 is 0. The van der Waals surface area contributed by atoms with Gasteiger partial charge in [-0.3, -0.25) is 4.98 Å². The highest BCUT2D eigenvalue weighted by atomic mass is 15.0. The minimum Gasteiger partial charge on any atom is -0.308 e. The van der Waals surface area contributed by atoms with Crippen molar-refractivity contribution in [2.45, 2.75) is 13.8 Å². The van der Waals surface area contributed by atoms with Gasteiger partial charge in [0.2, 0.25) is 0 Å². The number of nitriles is 2. The van der Waals surface area contributed by atoms with Crippen LogP contribution in [-0.2, 0) is 0 Å². The Morgan fingerprint density at radius 2 is 0.966 bits per heavy atom. The quantitative estimate of drug-likeness (QED) is 0.165. The normalized spacial score (nSPS) is 11.2. The van der Waals surface area contributed by atoms with Crippen molar-refractivity contribution in [3.05, 3.63) is 192 Å².